The van der Waals surface area contributed by atoms with Gasteiger partial charge in [-0.15, -0.1) is 10.2 Å². The first-order valence-corrected chi connectivity index (χ1v) is 6.48. The van der Waals surface area contributed by atoms with Crippen LogP contribution >= 0.6 is 11.8 Å². The van der Waals surface area contributed by atoms with E-state index >= 15 is 0 Å². The van der Waals surface area contributed by atoms with Crippen molar-refractivity contribution in [1.82, 2.24) is 24.5 Å². The van der Waals surface area contributed by atoms with Crippen LogP contribution < -0.4 is 0 Å². The van der Waals surface area contributed by atoms with Gasteiger partial charge >= 0.3 is 0 Å². The van der Waals surface area contributed by atoms with E-state index in [1.807, 2.05) is 51.8 Å². The Labute approximate surface area is 108 Å². The van der Waals surface area contributed by atoms with Crippen LogP contribution in [0.4, 0.5) is 0 Å². The average Bonchev–Trinajstić information content (AvgIpc) is 3.09. The molecule has 2 aromatic heterocycles. The molecule has 0 radical (unpaired) electrons. The van der Waals surface area contributed by atoms with Gasteiger partial charge in [-0.2, -0.15) is 5.10 Å². The number of thioether (sulfide) groups is 1. The van der Waals surface area contributed by atoms with E-state index in [2.05, 4.69) is 15.3 Å². The van der Waals surface area contributed by atoms with E-state index in [1.54, 1.807) is 24.3 Å². The second-order valence-electron chi connectivity index (χ2n) is 3.64. The van der Waals surface area contributed by atoms with Crippen LogP contribution in [-0.2, 0) is 5.88 Å². The van der Waals surface area contributed by atoms with Crippen LogP contribution in [0.5, 0.6) is 0 Å². The van der Waals surface area contributed by atoms with Gasteiger partial charge in [0.05, 0.1) is 5.88 Å². The molecule has 2 heterocycles. The molecule has 3 aromatic rings. The number of hydrogen-bond acceptors (Lipinski definition) is 4. The Hall–Kier alpha value is -2.08. The summed E-state index contributed by atoms with van der Waals surface area (Å²) in [7, 11) is 0. The lowest BCUT2D eigenvalue weighted by Crippen LogP contribution is -1.98. The summed E-state index contributed by atoms with van der Waals surface area (Å²) in [5, 5.41) is 13.1. The average molecular weight is 257 g/mol. The van der Waals surface area contributed by atoms with E-state index < -0.39 is 0 Å². The van der Waals surface area contributed by atoms with E-state index in [1.165, 1.54) is 0 Å². The first kappa shape index (κ1) is 11.0. The maximum absolute atomic E-state index is 4.16. The molecule has 6 heteroatoms. The van der Waals surface area contributed by atoms with E-state index in [9.17, 15) is 0 Å². The zero-order valence-electron chi connectivity index (χ0n) is 9.55. The third-order valence-electron chi connectivity index (χ3n) is 2.44. The van der Waals surface area contributed by atoms with Gasteiger partial charge < -0.3 is 0 Å². The summed E-state index contributed by atoms with van der Waals surface area (Å²) in [6, 6.07) is 11.9. The molecule has 0 bridgehead atoms. The molecule has 0 spiro atoms. The van der Waals surface area contributed by atoms with Gasteiger partial charge in [0.2, 0.25) is 0 Å². The molecule has 0 aliphatic rings. The highest BCUT2D eigenvalue weighted by molar-refractivity contribution is 7.98. The topological polar surface area (TPSA) is 48.5 Å². The highest BCUT2D eigenvalue weighted by Gasteiger charge is 2.06. The Morgan fingerprint density at radius 1 is 1.11 bits per heavy atom. The van der Waals surface area contributed by atoms with Crippen molar-refractivity contribution in [1.29, 1.82) is 0 Å². The van der Waals surface area contributed by atoms with Crippen molar-refractivity contribution in [2.45, 2.75) is 11.0 Å². The van der Waals surface area contributed by atoms with Gasteiger partial charge in [-0.1, -0.05) is 30.0 Å². The normalized spacial score (nSPS) is 10.7. The Morgan fingerprint density at radius 2 is 2.00 bits per heavy atom. The molecule has 0 aliphatic carbocycles. The van der Waals surface area contributed by atoms with Crippen LogP contribution in [-0.4, -0.2) is 24.5 Å². The van der Waals surface area contributed by atoms with Gasteiger partial charge in [0.15, 0.2) is 5.16 Å². The molecule has 0 fully saturated rings. The lowest BCUT2D eigenvalue weighted by molar-refractivity contribution is 0.745. The lowest BCUT2D eigenvalue weighted by Gasteiger charge is -2.05. The van der Waals surface area contributed by atoms with Gasteiger partial charge in [0.25, 0.3) is 0 Å². The monoisotopic (exact) mass is 257 g/mol. The summed E-state index contributed by atoms with van der Waals surface area (Å²) >= 11 is 1.60. The molecule has 0 atom stereocenters. The Balaban J connectivity index is 1.80. The van der Waals surface area contributed by atoms with E-state index in [4.69, 9.17) is 0 Å². The number of para-hydroxylation sites is 1. The minimum Gasteiger partial charge on any atom is -0.277 e. The Kier molecular flexibility index (Phi) is 3.10. The molecular formula is C12H11N5S. The summed E-state index contributed by atoms with van der Waals surface area (Å²) in [6.45, 7) is 0. The van der Waals surface area contributed by atoms with E-state index in [-0.39, 0.29) is 0 Å². The lowest BCUT2D eigenvalue weighted by atomic mass is 10.3. The molecule has 0 amide bonds. The van der Waals surface area contributed by atoms with Gasteiger partial charge in [-0.05, 0) is 18.2 Å². The van der Waals surface area contributed by atoms with Crippen LogP contribution in [0, 0.1) is 0 Å². The minimum atomic E-state index is 0.721. The predicted molar refractivity (Wildman–Crippen MR) is 69.4 cm³/mol. The summed E-state index contributed by atoms with van der Waals surface area (Å²) in [5.74, 6) is 0.721. The van der Waals surface area contributed by atoms with Crippen molar-refractivity contribution < 1.29 is 0 Å². The molecule has 3 rings (SSSR count). The molecule has 5 nitrogen and oxygen atoms in total. The molecule has 0 unspecified atom stereocenters. The van der Waals surface area contributed by atoms with Crippen LogP contribution in [0.3, 0.4) is 0 Å². The van der Waals surface area contributed by atoms with Crippen LogP contribution in [0.1, 0.15) is 0 Å². The van der Waals surface area contributed by atoms with Crippen molar-refractivity contribution in [3.05, 3.63) is 55.1 Å². The number of benzene rings is 1. The largest absolute Gasteiger partial charge is 0.277 e. The maximum Gasteiger partial charge on any atom is 0.197 e. The fourth-order valence-corrected chi connectivity index (χ4v) is 2.39. The van der Waals surface area contributed by atoms with Crippen molar-refractivity contribution in [3.8, 4) is 5.69 Å². The standard InChI is InChI=1S/C12H11N5S/c1-2-5-11(6-3-1)17-9-13-15-12(17)18-10-16-8-4-7-14-16/h1-9H,10H2. The Bertz CT molecular complexity index is 602. The zero-order valence-corrected chi connectivity index (χ0v) is 10.4. The van der Waals surface area contributed by atoms with Gasteiger partial charge in [0, 0.05) is 18.1 Å². The minimum absolute atomic E-state index is 0.721. The summed E-state index contributed by atoms with van der Waals surface area (Å²) in [4.78, 5) is 0. The molecular weight excluding hydrogens is 246 g/mol. The van der Waals surface area contributed by atoms with Crippen LogP contribution in [0.2, 0.25) is 0 Å². The number of nitrogens with zero attached hydrogens (tertiary/aromatic N) is 5. The molecule has 18 heavy (non-hydrogen) atoms. The first-order chi connectivity index (χ1) is 8.93. The second-order valence-corrected chi connectivity index (χ2v) is 4.55. The quantitative estimate of drug-likeness (QED) is 0.672. The van der Waals surface area contributed by atoms with Crippen LogP contribution in [0.25, 0.3) is 5.69 Å². The molecule has 0 N–H and O–H groups in total. The highest BCUT2D eigenvalue weighted by atomic mass is 32.2. The molecule has 0 saturated carbocycles. The molecule has 0 saturated heterocycles. The van der Waals surface area contributed by atoms with Crippen molar-refractivity contribution in [2.24, 2.45) is 0 Å². The van der Waals surface area contributed by atoms with Crippen molar-refractivity contribution in [3.63, 3.8) is 0 Å². The zero-order chi connectivity index (χ0) is 12.2. The summed E-state index contributed by atoms with van der Waals surface area (Å²) in [6.07, 6.45) is 5.42. The third-order valence-corrected chi connectivity index (χ3v) is 3.37. The fourth-order valence-electron chi connectivity index (χ4n) is 1.59. The Morgan fingerprint density at radius 3 is 2.78 bits per heavy atom. The predicted octanol–water partition coefficient (Wildman–Crippen LogP) is 2.21. The fraction of sp³-hybridized carbons (Fsp3) is 0.0833. The SMILES string of the molecule is c1ccc(-n2cnnc2SCn2cccn2)cc1. The second kappa shape index (κ2) is 5.05. The first-order valence-electron chi connectivity index (χ1n) is 5.49. The molecule has 0 aliphatic heterocycles. The van der Waals surface area contributed by atoms with Gasteiger partial charge in [-0.25, -0.2) is 0 Å². The molecule has 90 valence electrons. The maximum atomic E-state index is 4.16. The van der Waals surface area contributed by atoms with Crippen molar-refractivity contribution >= 4 is 11.8 Å². The number of aromatic nitrogens is 5. The van der Waals surface area contributed by atoms with E-state index in [0.29, 0.717) is 0 Å². The van der Waals surface area contributed by atoms with Crippen LogP contribution in [0.15, 0.2) is 60.3 Å². The third kappa shape index (κ3) is 2.28. The molecule has 1 aromatic carbocycles. The van der Waals surface area contributed by atoms with Gasteiger partial charge in [-0.3, -0.25) is 9.25 Å². The van der Waals surface area contributed by atoms with Crippen molar-refractivity contribution in [2.75, 3.05) is 0 Å². The number of rotatable bonds is 4. The smallest absolute Gasteiger partial charge is 0.197 e. The van der Waals surface area contributed by atoms with Gasteiger partial charge in [0.1, 0.15) is 6.33 Å². The van der Waals surface area contributed by atoms with E-state index in [0.717, 1.165) is 16.7 Å². The summed E-state index contributed by atoms with van der Waals surface area (Å²) < 4.78 is 3.82. The number of hydrogen-bond donors (Lipinski definition) is 0. The highest BCUT2D eigenvalue weighted by Crippen LogP contribution is 2.20. The summed E-state index contributed by atoms with van der Waals surface area (Å²) in [5.41, 5.74) is 1.06.